The molecule has 2 rings (SSSR count). The van der Waals surface area contributed by atoms with Gasteiger partial charge in [0, 0.05) is 19.0 Å². The normalized spacial score (nSPS) is 11.3. The van der Waals surface area contributed by atoms with Gasteiger partial charge in [-0.2, -0.15) is 4.98 Å². The van der Waals surface area contributed by atoms with Crippen LogP contribution in [0.2, 0.25) is 0 Å². The van der Waals surface area contributed by atoms with Crippen LogP contribution >= 0.6 is 0 Å². The molecule has 2 heterocycles. The Bertz CT molecular complexity index is 489. The standard InChI is InChI=1S/C11H18N6O/c1-4-11-13-10(15-18-11)7-17-6-9(14-16-17)5-12-8(2)3/h6,8,12H,4-5,7H2,1-3H3. The molecule has 0 fully saturated rings. The maximum absolute atomic E-state index is 5.04. The lowest BCUT2D eigenvalue weighted by Crippen LogP contribution is -2.21. The summed E-state index contributed by atoms with van der Waals surface area (Å²) in [4.78, 5) is 4.23. The molecule has 0 spiro atoms. The minimum absolute atomic E-state index is 0.430. The van der Waals surface area contributed by atoms with E-state index in [0.717, 1.165) is 12.1 Å². The zero-order valence-electron chi connectivity index (χ0n) is 10.9. The molecule has 98 valence electrons. The minimum atomic E-state index is 0.430. The van der Waals surface area contributed by atoms with E-state index in [4.69, 9.17) is 4.52 Å². The molecule has 0 bridgehead atoms. The number of rotatable bonds is 6. The molecule has 1 N–H and O–H groups in total. The zero-order chi connectivity index (χ0) is 13.0. The van der Waals surface area contributed by atoms with Crippen LogP contribution in [0.3, 0.4) is 0 Å². The molecule has 2 aromatic heterocycles. The molecule has 0 aliphatic rings. The van der Waals surface area contributed by atoms with Crippen molar-refractivity contribution in [3.63, 3.8) is 0 Å². The molecule has 0 aromatic carbocycles. The third-order valence-corrected chi connectivity index (χ3v) is 2.39. The topological polar surface area (TPSA) is 81.7 Å². The maximum Gasteiger partial charge on any atom is 0.226 e. The first-order chi connectivity index (χ1) is 8.67. The Kier molecular flexibility index (Phi) is 4.03. The van der Waals surface area contributed by atoms with Gasteiger partial charge < -0.3 is 9.84 Å². The molecule has 7 nitrogen and oxygen atoms in total. The van der Waals surface area contributed by atoms with E-state index >= 15 is 0 Å². The summed E-state index contributed by atoms with van der Waals surface area (Å²) >= 11 is 0. The van der Waals surface area contributed by atoms with Crippen molar-refractivity contribution in [3.8, 4) is 0 Å². The minimum Gasteiger partial charge on any atom is -0.339 e. The van der Waals surface area contributed by atoms with Crippen molar-refractivity contribution in [1.29, 1.82) is 0 Å². The largest absolute Gasteiger partial charge is 0.339 e. The molecule has 2 aromatic rings. The highest BCUT2D eigenvalue weighted by molar-refractivity contribution is 4.94. The predicted octanol–water partition coefficient (Wildman–Crippen LogP) is 0.770. The summed E-state index contributed by atoms with van der Waals surface area (Å²) in [5.41, 5.74) is 0.905. The monoisotopic (exact) mass is 250 g/mol. The van der Waals surface area contributed by atoms with Gasteiger partial charge >= 0.3 is 0 Å². The fourth-order valence-electron chi connectivity index (χ4n) is 1.45. The number of nitrogens with one attached hydrogen (secondary N) is 1. The molecule has 0 atom stereocenters. The van der Waals surface area contributed by atoms with Gasteiger partial charge in [-0.1, -0.05) is 31.1 Å². The van der Waals surface area contributed by atoms with Gasteiger partial charge in [0.25, 0.3) is 0 Å². The molecule has 0 radical (unpaired) electrons. The predicted molar refractivity (Wildman–Crippen MR) is 64.8 cm³/mol. The van der Waals surface area contributed by atoms with E-state index in [2.05, 4.69) is 39.6 Å². The third-order valence-electron chi connectivity index (χ3n) is 2.39. The van der Waals surface area contributed by atoms with Crippen LogP contribution in [0.5, 0.6) is 0 Å². The molecule has 0 aliphatic heterocycles. The van der Waals surface area contributed by atoms with Gasteiger partial charge in [-0.15, -0.1) is 5.10 Å². The smallest absolute Gasteiger partial charge is 0.226 e. The highest BCUT2D eigenvalue weighted by atomic mass is 16.5. The molecule has 0 saturated heterocycles. The molecule has 0 unspecified atom stereocenters. The molecular weight excluding hydrogens is 232 g/mol. The fraction of sp³-hybridized carbons (Fsp3) is 0.636. The van der Waals surface area contributed by atoms with Crippen molar-refractivity contribution in [1.82, 2.24) is 30.5 Å². The van der Waals surface area contributed by atoms with Crippen LogP contribution < -0.4 is 5.32 Å². The summed E-state index contributed by atoms with van der Waals surface area (Å²) in [6.45, 7) is 7.36. The second kappa shape index (κ2) is 5.72. The average molecular weight is 250 g/mol. The number of aryl methyl sites for hydroxylation is 1. The average Bonchev–Trinajstić information content (AvgIpc) is 2.96. The van der Waals surface area contributed by atoms with Crippen LogP contribution in [0.15, 0.2) is 10.7 Å². The third kappa shape index (κ3) is 3.36. The summed E-state index contributed by atoms with van der Waals surface area (Å²) in [7, 11) is 0. The van der Waals surface area contributed by atoms with Gasteiger partial charge in [0.1, 0.15) is 6.54 Å². The molecule has 0 amide bonds. The Morgan fingerprint density at radius 2 is 2.28 bits per heavy atom. The van der Waals surface area contributed by atoms with E-state index in [1.807, 2.05) is 13.1 Å². The van der Waals surface area contributed by atoms with Crippen molar-refractivity contribution in [2.24, 2.45) is 0 Å². The molecule has 7 heteroatoms. The van der Waals surface area contributed by atoms with Crippen molar-refractivity contribution in [3.05, 3.63) is 23.6 Å². The summed E-state index contributed by atoms with van der Waals surface area (Å²) in [6, 6.07) is 0.430. The lowest BCUT2D eigenvalue weighted by atomic mass is 10.3. The summed E-state index contributed by atoms with van der Waals surface area (Å²) in [5, 5.41) is 15.3. The second-order valence-corrected chi connectivity index (χ2v) is 4.40. The number of hydrogen-bond acceptors (Lipinski definition) is 6. The number of hydrogen-bond donors (Lipinski definition) is 1. The van der Waals surface area contributed by atoms with Crippen molar-refractivity contribution in [2.45, 2.75) is 46.3 Å². The van der Waals surface area contributed by atoms with Crippen molar-refractivity contribution >= 4 is 0 Å². The summed E-state index contributed by atoms with van der Waals surface area (Å²) < 4.78 is 6.75. The SMILES string of the molecule is CCc1nc(Cn2cc(CNC(C)C)nn2)no1. The van der Waals surface area contributed by atoms with Crippen LogP contribution in [0.1, 0.15) is 38.2 Å². The number of nitrogens with zero attached hydrogens (tertiary/aromatic N) is 5. The summed E-state index contributed by atoms with van der Waals surface area (Å²) in [5.74, 6) is 1.27. The molecule has 18 heavy (non-hydrogen) atoms. The van der Waals surface area contributed by atoms with Gasteiger partial charge in [0.15, 0.2) is 5.82 Å². The van der Waals surface area contributed by atoms with Crippen LogP contribution in [0.4, 0.5) is 0 Å². The van der Waals surface area contributed by atoms with Crippen molar-refractivity contribution in [2.75, 3.05) is 0 Å². The van der Waals surface area contributed by atoms with Crippen molar-refractivity contribution < 1.29 is 4.52 Å². The number of aromatic nitrogens is 5. The first kappa shape index (κ1) is 12.7. The van der Waals surface area contributed by atoms with E-state index in [-0.39, 0.29) is 0 Å². The van der Waals surface area contributed by atoms with E-state index in [9.17, 15) is 0 Å². The van der Waals surface area contributed by atoms with Crippen LogP contribution in [0, 0.1) is 0 Å². The van der Waals surface area contributed by atoms with Crippen LogP contribution in [-0.2, 0) is 19.5 Å². The second-order valence-electron chi connectivity index (χ2n) is 4.40. The fourth-order valence-corrected chi connectivity index (χ4v) is 1.45. The first-order valence-electron chi connectivity index (χ1n) is 6.11. The Balaban J connectivity index is 1.93. The maximum atomic E-state index is 5.04. The van der Waals surface area contributed by atoms with Gasteiger partial charge in [0.2, 0.25) is 5.89 Å². The quantitative estimate of drug-likeness (QED) is 0.815. The van der Waals surface area contributed by atoms with Gasteiger partial charge in [0.05, 0.1) is 11.9 Å². The van der Waals surface area contributed by atoms with Gasteiger partial charge in [-0.3, -0.25) is 0 Å². The Labute approximate surface area is 106 Å². The van der Waals surface area contributed by atoms with E-state index in [1.165, 1.54) is 0 Å². The van der Waals surface area contributed by atoms with Gasteiger partial charge in [-0.25, -0.2) is 4.68 Å². The van der Waals surface area contributed by atoms with Gasteiger partial charge in [-0.05, 0) is 0 Å². The van der Waals surface area contributed by atoms with E-state index in [1.54, 1.807) is 4.68 Å². The lowest BCUT2D eigenvalue weighted by Gasteiger charge is -2.03. The molecule has 0 saturated carbocycles. The summed E-state index contributed by atoms with van der Waals surface area (Å²) in [6.07, 6.45) is 2.63. The Morgan fingerprint density at radius 3 is 2.94 bits per heavy atom. The van der Waals surface area contributed by atoms with E-state index in [0.29, 0.717) is 30.8 Å². The lowest BCUT2D eigenvalue weighted by molar-refractivity contribution is 0.374. The van der Waals surface area contributed by atoms with Crippen LogP contribution in [0.25, 0.3) is 0 Å². The van der Waals surface area contributed by atoms with E-state index < -0.39 is 0 Å². The van der Waals surface area contributed by atoms with Crippen LogP contribution in [-0.4, -0.2) is 31.2 Å². The highest BCUT2D eigenvalue weighted by Gasteiger charge is 2.07. The Morgan fingerprint density at radius 1 is 1.44 bits per heavy atom. The molecular formula is C11H18N6O. The molecule has 0 aliphatic carbocycles. The Hall–Kier alpha value is -1.76. The first-order valence-corrected chi connectivity index (χ1v) is 6.11. The highest BCUT2D eigenvalue weighted by Crippen LogP contribution is 2.01. The zero-order valence-corrected chi connectivity index (χ0v) is 10.9.